The van der Waals surface area contributed by atoms with Crippen LogP contribution in [0.15, 0.2) is 67.0 Å². The number of hydrogen-bond acceptors (Lipinski definition) is 5. The van der Waals surface area contributed by atoms with E-state index < -0.39 is 5.92 Å². The summed E-state index contributed by atoms with van der Waals surface area (Å²) in [6, 6.07) is 17.0. The predicted octanol–water partition coefficient (Wildman–Crippen LogP) is 5.24. The first-order valence-corrected chi connectivity index (χ1v) is 11.8. The monoisotopic (exact) mass is 476 g/mol. The molecule has 1 unspecified atom stereocenters. The highest BCUT2D eigenvalue weighted by atomic mass is 35.5. The molecule has 4 aromatic rings. The van der Waals surface area contributed by atoms with Gasteiger partial charge in [-0.25, -0.2) is 4.98 Å². The smallest absolute Gasteiger partial charge is 0.234 e. The fourth-order valence-corrected chi connectivity index (χ4v) is 5.39. The third-order valence-corrected chi connectivity index (χ3v) is 7.33. The molecule has 1 fully saturated rings. The molecule has 166 valence electrons. The van der Waals surface area contributed by atoms with Crippen molar-refractivity contribution in [3.63, 3.8) is 0 Å². The number of benzene rings is 2. The molecule has 8 heteroatoms. The van der Waals surface area contributed by atoms with Crippen LogP contribution in [0.2, 0.25) is 5.02 Å². The summed E-state index contributed by atoms with van der Waals surface area (Å²) in [6.07, 6.45) is 3.60. The Morgan fingerprint density at radius 1 is 1.18 bits per heavy atom. The average molecular weight is 477 g/mol. The maximum atomic E-state index is 13.8. The largest absolute Gasteiger partial charge is 0.312 e. The van der Waals surface area contributed by atoms with Crippen molar-refractivity contribution in [3.8, 4) is 0 Å². The molecule has 0 radical (unpaired) electrons. The molecule has 1 aliphatic heterocycles. The molecule has 1 atom stereocenters. The lowest BCUT2D eigenvalue weighted by atomic mass is 10.1. The number of rotatable bonds is 5. The number of nitrogens with zero attached hydrogens (tertiary/aromatic N) is 4. The van der Waals surface area contributed by atoms with E-state index in [0.717, 1.165) is 27.0 Å². The fraction of sp³-hybridized carbons (Fsp3) is 0.200. The molecule has 0 saturated carbocycles. The van der Waals surface area contributed by atoms with E-state index in [1.807, 2.05) is 61.5 Å². The van der Waals surface area contributed by atoms with Crippen LogP contribution < -0.4 is 9.80 Å². The Balaban J connectivity index is 1.50. The number of halogens is 1. The number of hydrogen-bond donors (Lipinski definition) is 0. The van der Waals surface area contributed by atoms with E-state index in [1.54, 1.807) is 22.2 Å². The van der Waals surface area contributed by atoms with Crippen LogP contribution in [0, 0.1) is 12.8 Å². The molecule has 6 nitrogen and oxygen atoms in total. The molecule has 0 bridgehead atoms. The van der Waals surface area contributed by atoms with Crippen molar-refractivity contribution in [2.45, 2.75) is 19.9 Å². The summed E-state index contributed by atoms with van der Waals surface area (Å²) >= 11 is 7.82. The predicted molar refractivity (Wildman–Crippen MR) is 132 cm³/mol. The maximum absolute atomic E-state index is 13.8. The zero-order valence-electron chi connectivity index (χ0n) is 17.9. The van der Waals surface area contributed by atoms with E-state index in [4.69, 9.17) is 16.6 Å². The van der Waals surface area contributed by atoms with Crippen molar-refractivity contribution in [1.82, 2.24) is 9.97 Å². The number of para-hydroxylation sites is 1. The van der Waals surface area contributed by atoms with E-state index in [9.17, 15) is 9.59 Å². The van der Waals surface area contributed by atoms with Gasteiger partial charge in [0.1, 0.15) is 0 Å². The van der Waals surface area contributed by atoms with Crippen LogP contribution in [0.3, 0.4) is 0 Å². The third-order valence-electron chi connectivity index (χ3n) is 5.79. The molecule has 0 aliphatic carbocycles. The SMILES string of the molecule is Cc1ccc(Cl)c2sc(N(Cc3cccnc3)C(=O)C3CC(=O)N(c4ccccc4)C3)nc12. The summed E-state index contributed by atoms with van der Waals surface area (Å²) in [5.74, 6) is -0.638. The van der Waals surface area contributed by atoms with Crippen LogP contribution in [0.25, 0.3) is 10.2 Å². The molecule has 2 aromatic carbocycles. The second kappa shape index (κ2) is 8.92. The lowest BCUT2D eigenvalue weighted by Gasteiger charge is -2.23. The zero-order chi connectivity index (χ0) is 22.9. The maximum Gasteiger partial charge on any atom is 0.234 e. The van der Waals surface area contributed by atoms with Crippen molar-refractivity contribution in [2.24, 2.45) is 5.92 Å². The summed E-state index contributed by atoms with van der Waals surface area (Å²) in [5, 5.41) is 1.18. The normalized spacial score (nSPS) is 15.9. The highest BCUT2D eigenvalue weighted by Crippen LogP contribution is 2.37. The summed E-state index contributed by atoms with van der Waals surface area (Å²) in [6.45, 7) is 2.64. The average Bonchev–Trinajstić information content (AvgIpc) is 3.46. The van der Waals surface area contributed by atoms with Crippen LogP contribution in [0.4, 0.5) is 10.8 Å². The molecular weight excluding hydrogens is 456 g/mol. The summed E-state index contributed by atoms with van der Waals surface area (Å²) < 4.78 is 0.851. The molecule has 2 amide bonds. The van der Waals surface area contributed by atoms with Crippen LogP contribution in [-0.2, 0) is 16.1 Å². The van der Waals surface area contributed by atoms with Gasteiger partial charge in [0.2, 0.25) is 11.8 Å². The number of amides is 2. The van der Waals surface area contributed by atoms with Gasteiger partial charge in [-0.1, -0.05) is 53.3 Å². The van der Waals surface area contributed by atoms with E-state index in [-0.39, 0.29) is 18.2 Å². The van der Waals surface area contributed by atoms with Gasteiger partial charge in [0.05, 0.1) is 27.7 Å². The fourth-order valence-electron chi connectivity index (χ4n) is 4.07. The number of aryl methyl sites for hydroxylation is 1. The highest BCUT2D eigenvalue weighted by Gasteiger charge is 2.38. The van der Waals surface area contributed by atoms with E-state index >= 15 is 0 Å². The van der Waals surface area contributed by atoms with Gasteiger partial charge in [0.15, 0.2) is 5.13 Å². The molecular formula is C25H21ClN4O2S. The van der Waals surface area contributed by atoms with Crippen LogP contribution in [-0.4, -0.2) is 28.3 Å². The van der Waals surface area contributed by atoms with Crippen molar-refractivity contribution >= 4 is 55.8 Å². The van der Waals surface area contributed by atoms with Gasteiger partial charge in [-0.2, -0.15) is 0 Å². The molecule has 3 heterocycles. The van der Waals surface area contributed by atoms with Crippen molar-refractivity contribution in [1.29, 1.82) is 0 Å². The summed E-state index contributed by atoms with van der Waals surface area (Å²) in [7, 11) is 0. The van der Waals surface area contributed by atoms with Crippen LogP contribution >= 0.6 is 22.9 Å². The molecule has 0 spiro atoms. The van der Waals surface area contributed by atoms with Crippen molar-refractivity contribution in [2.75, 3.05) is 16.3 Å². The minimum absolute atomic E-state index is 0.0518. The summed E-state index contributed by atoms with van der Waals surface area (Å²) in [5.41, 5.74) is 3.48. The number of pyridine rings is 1. The lowest BCUT2D eigenvalue weighted by Crippen LogP contribution is -2.37. The Kier molecular flexibility index (Phi) is 5.83. The zero-order valence-corrected chi connectivity index (χ0v) is 19.5. The number of carbonyl (C=O) groups is 2. The number of anilines is 2. The van der Waals surface area contributed by atoms with Gasteiger partial charge in [-0.15, -0.1) is 0 Å². The first-order valence-electron chi connectivity index (χ1n) is 10.6. The Morgan fingerprint density at radius 3 is 2.73 bits per heavy atom. The van der Waals surface area contributed by atoms with Gasteiger partial charge in [-0.3, -0.25) is 19.5 Å². The second-order valence-corrected chi connectivity index (χ2v) is 9.45. The van der Waals surface area contributed by atoms with Crippen LogP contribution in [0.1, 0.15) is 17.5 Å². The van der Waals surface area contributed by atoms with Gasteiger partial charge in [-0.05, 0) is 42.3 Å². The molecule has 1 saturated heterocycles. The standard InChI is InChI=1S/C25H21ClN4O2S/c1-16-9-10-20(26)23-22(16)28-25(33-23)30(14-17-6-5-11-27-13-17)24(32)18-12-21(31)29(15-18)19-7-3-2-4-8-19/h2-11,13,18H,12,14-15H2,1H3. The van der Waals surface area contributed by atoms with Gasteiger partial charge in [0, 0.05) is 31.0 Å². The number of fused-ring (bicyclic) bond motifs is 1. The first-order chi connectivity index (χ1) is 16.0. The molecule has 2 aromatic heterocycles. The lowest BCUT2D eigenvalue weighted by molar-refractivity contribution is -0.124. The number of carbonyl (C=O) groups excluding carboxylic acids is 2. The van der Waals surface area contributed by atoms with Gasteiger partial charge < -0.3 is 4.90 Å². The highest BCUT2D eigenvalue weighted by molar-refractivity contribution is 7.23. The minimum atomic E-state index is -0.460. The van der Waals surface area contributed by atoms with Crippen molar-refractivity contribution in [3.05, 3.63) is 83.1 Å². The third kappa shape index (κ3) is 4.21. The number of aromatic nitrogens is 2. The quantitative estimate of drug-likeness (QED) is 0.395. The molecule has 5 rings (SSSR count). The van der Waals surface area contributed by atoms with Gasteiger partial charge >= 0.3 is 0 Å². The summed E-state index contributed by atoms with van der Waals surface area (Å²) in [4.78, 5) is 38.8. The molecule has 33 heavy (non-hydrogen) atoms. The topological polar surface area (TPSA) is 66.4 Å². The Labute approximate surface area is 200 Å². The van der Waals surface area contributed by atoms with E-state index in [1.165, 1.54) is 11.3 Å². The Hall–Kier alpha value is -3.29. The van der Waals surface area contributed by atoms with E-state index in [0.29, 0.717) is 23.2 Å². The van der Waals surface area contributed by atoms with Crippen molar-refractivity contribution < 1.29 is 9.59 Å². The second-order valence-electron chi connectivity index (χ2n) is 8.07. The molecule has 1 aliphatic rings. The van der Waals surface area contributed by atoms with Crippen LogP contribution in [0.5, 0.6) is 0 Å². The van der Waals surface area contributed by atoms with Gasteiger partial charge in [0.25, 0.3) is 0 Å². The Bertz CT molecular complexity index is 1290. The Morgan fingerprint density at radius 2 is 2.00 bits per heavy atom. The molecule has 0 N–H and O–H groups in total. The first kappa shape index (κ1) is 21.6. The number of thiazole rings is 1. The van der Waals surface area contributed by atoms with E-state index in [2.05, 4.69) is 4.98 Å². The minimum Gasteiger partial charge on any atom is -0.312 e.